The molecule has 0 aliphatic carbocycles. The summed E-state index contributed by atoms with van der Waals surface area (Å²) in [5.74, 6) is -1.63. The number of nitrogens with two attached hydrogens (primary N) is 1. The molecule has 3 rings (SSSR count). The number of pyridine rings is 1. The zero-order valence-electron chi connectivity index (χ0n) is 13.4. The second-order valence-corrected chi connectivity index (χ2v) is 6.50. The lowest BCUT2D eigenvalue weighted by Crippen LogP contribution is -2.22. The molecule has 0 atom stereocenters. The van der Waals surface area contributed by atoms with Gasteiger partial charge in [-0.1, -0.05) is 0 Å². The van der Waals surface area contributed by atoms with Gasteiger partial charge in [-0.25, -0.2) is 13.9 Å². The van der Waals surface area contributed by atoms with Gasteiger partial charge in [-0.15, -0.1) is 0 Å². The van der Waals surface area contributed by atoms with Gasteiger partial charge in [0.1, 0.15) is 11.5 Å². The molecule has 136 valence electrons. The van der Waals surface area contributed by atoms with Gasteiger partial charge in [-0.05, 0) is 18.2 Å². The van der Waals surface area contributed by atoms with Crippen molar-refractivity contribution in [1.29, 1.82) is 0 Å². The Morgan fingerprint density at radius 2 is 1.85 bits per heavy atom. The van der Waals surface area contributed by atoms with Gasteiger partial charge in [0.15, 0.2) is 17.4 Å². The van der Waals surface area contributed by atoms with Crippen LogP contribution in [0.5, 0.6) is 17.2 Å². The summed E-state index contributed by atoms with van der Waals surface area (Å²) in [7, 11) is -2.73. The van der Waals surface area contributed by atoms with Crippen molar-refractivity contribution in [2.75, 3.05) is 11.8 Å². The van der Waals surface area contributed by atoms with Gasteiger partial charge in [0, 0.05) is 29.8 Å². The Hall–Kier alpha value is -2.98. The zero-order valence-corrected chi connectivity index (χ0v) is 14.2. The van der Waals surface area contributed by atoms with Gasteiger partial charge in [-0.2, -0.15) is 8.42 Å². The number of hydrogen-bond acceptors (Lipinski definition) is 5. The van der Waals surface area contributed by atoms with Crippen LogP contribution in [0.1, 0.15) is 0 Å². The number of aromatic nitrogens is 1. The first-order valence-electron chi connectivity index (χ1n) is 7.17. The maximum absolute atomic E-state index is 14.2. The predicted molar refractivity (Wildman–Crippen MR) is 91.5 cm³/mol. The first-order valence-corrected chi connectivity index (χ1v) is 8.71. The minimum absolute atomic E-state index is 0.239. The van der Waals surface area contributed by atoms with Crippen LogP contribution in [0.15, 0.2) is 42.6 Å². The molecule has 0 radical (unpaired) electrons. The lowest BCUT2D eigenvalue weighted by Gasteiger charge is -2.12. The van der Waals surface area contributed by atoms with Crippen molar-refractivity contribution in [3.63, 3.8) is 0 Å². The van der Waals surface area contributed by atoms with Crippen LogP contribution in [0, 0.1) is 11.6 Å². The van der Waals surface area contributed by atoms with E-state index in [1.165, 1.54) is 19.4 Å². The van der Waals surface area contributed by atoms with Crippen molar-refractivity contribution in [1.82, 2.24) is 4.98 Å². The summed E-state index contributed by atoms with van der Waals surface area (Å²) in [6.45, 7) is 0. The van der Waals surface area contributed by atoms with Crippen LogP contribution < -0.4 is 19.3 Å². The van der Waals surface area contributed by atoms with Gasteiger partial charge in [-0.3, -0.25) is 9.71 Å². The summed E-state index contributed by atoms with van der Waals surface area (Å²) >= 11 is 0. The number of anilines is 1. The molecular weight excluding hydrogens is 368 g/mol. The van der Waals surface area contributed by atoms with Gasteiger partial charge in [0.25, 0.3) is 10.2 Å². The Kier molecular flexibility index (Phi) is 4.62. The number of ether oxygens (including phenoxy) is 2. The van der Waals surface area contributed by atoms with E-state index < -0.39 is 33.3 Å². The number of halogens is 2. The molecule has 3 N–H and O–H groups in total. The van der Waals surface area contributed by atoms with E-state index in [2.05, 4.69) is 4.98 Å². The standard InChI is InChI=1S/C16H13F2N3O4S/c1-24-9-2-3-10-13(6-9)20-5-4-15(10)25-16-8-11(17)14(7-12(16)18)21-26(19,22)23/h2-8,21H,1H3,(H2,19,22,23). The number of nitrogens with zero attached hydrogens (tertiary/aromatic N) is 1. The highest BCUT2D eigenvalue weighted by molar-refractivity contribution is 7.90. The summed E-state index contributed by atoms with van der Waals surface area (Å²) in [6.07, 6.45) is 1.45. The third-order valence-corrected chi connectivity index (χ3v) is 3.91. The number of fused-ring (bicyclic) bond motifs is 1. The van der Waals surface area contributed by atoms with E-state index in [4.69, 9.17) is 14.6 Å². The van der Waals surface area contributed by atoms with E-state index in [1.54, 1.807) is 22.9 Å². The monoisotopic (exact) mass is 381 g/mol. The summed E-state index contributed by atoms with van der Waals surface area (Å²) in [6, 6.07) is 7.86. The molecule has 1 heterocycles. The predicted octanol–water partition coefficient (Wildman–Crippen LogP) is 2.93. The fraction of sp³-hybridized carbons (Fsp3) is 0.0625. The first kappa shape index (κ1) is 17.8. The highest BCUT2D eigenvalue weighted by Gasteiger charge is 2.16. The molecule has 1 aromatic heterocycles. The van der Waals surface area contributed by atoms with Crippen molar-refractivity contribution in [2.45, 2.75) is 0 Å². The van der Waals surface area contributed by atoms with E-state index in [1.807, 2.05) is 0 Å². The summed E-state index contributed by atoms with van der Waals surface area (Å²) in [4.78, 5) is 4.17. The minimum Gasteiger partial charge on any atom is -0.497 e. The normalized spacial score (nSPS) is 11.4. The fourth-order valence-electron chi connectivity index (χ4n) is 2.27. The van der Waals surface area contributed by atoms with E-state index in [0.717, 1.165) is 6.07 Å². The molecule has 0 bridgehead atoms. The molecule has 0 amide bonds. The molecule has 0 aliphatic heterocycles. The molecule has 3 aromatic rings. The van der Waals surface area contributed by atoms with Crippen LogP contribution in [-0.4, -0.2) is 20.5 Å². The molecule has 0 fully saturated rings. The Morgan fingerprint density at radius 1 is 1.08 bits per heavy atom. The number of methoxy groups -OCH3 is 1. The Balaban J connectivity index is 1.99. The van der Waals surface area contributed by atoms with E-state index in [0.29, 0.717) is 22.7 Å². The summed E-state index contributed by atoms with van der Waals surface area (Å²) < 4.78 is 62.4. The number of hydrogen-bond donors (Lipinski definition) is 2. The molecule has 0 aliphatic rings. The Labute approximate surface area is 147 Å². The largest absolute Gasteiger partial charge is 0.497 e. The number of benzene rings is 2. The van der Waals surface area contributed by atoms with Crippen LogP contribution >= 0.6 is 0 Å². The fourth-order valence-corrected chi connectivity index (χ4v) is 2.74. The Bertz CT molecular complexity index is 1090. The lowest BCUT2D eigenvalue weighted by atomic mass is 10.2. The average Bonchev–Trinajstić information content (AvgIpc) is 2.57. The number of nitrogens with one attached hydrogen (secondary N) is 1. The van der Waals surface area contributed by atoms with Gasteiger partial charge < -0.3 is 9.47 Å². The van der Waals surface area contributed by atoms with Crippen molar-refractivity contribution in [2.24, 2.45) is 5.14 Å². The highest BCUT2D eigenvalue weighted by atomic mass is 32.2. The van der Waals surface area contributed by atoms with Crippen LogP contribution in [0.25, 0.3) is 10.9 Å². The molecule has 10 heteroatoms. The van der Waals surface area contributed by atoms with Gasteiger partial charge in [0.05, 0.1) is 18.3 Å². The molecule has 7 nitrogen and oxygen atoms in total. The molecule has 26 heavy (non-hydrogen) atoms. The van der Waals surface area contributed by atoms with Crippen molar-refractivity contribution in [3.05, 3.63) is 54.2 Å². The molecule has 0 saturated carbocycles. The lowest BCUT2D eigenvalue weighted by molar-refractivity contribution is 0.415. The quantitative estimate of drug-likeness (QED) is 0.707. The molecule has 0 saturated heterocycles. The summed E-state index contributed by atoms with van der Waals surface area (Å²) in [5.41, 5.74) is -0.0862. The van der Waals surface area contributed by atoms with Crippen molar-refractivity contribution in [3.8, 4) is 17.2 Å². The van der Waals surface area contributed by atoms with Crippen LogP contribution in [0.4, 0.5) is 14.5 Å². The van der Waals surface area contributed by atoms with Crippen molar-refractivity contribution < 1.29 is 26.7 Å². The molecule has 2 aromatic carbocycles. The molecule has 0 spiro atoms. The van der Waals surface area contributed by atoms with Crippen LogP contribution in [0.2, 0.25) is 0 Å². The third kappa shape index (κ3) is 3.81. The van der Waals surface area contributed by atoms with E-state index in [9.17, 15) is 17.2 Å². The molecule has 0 unspecified atom stereocenters. The van der Waals surface area contributed by atoms with Gasteiger partial charge >= 0.3 is 0 Å². The SMILES string of the molecule is COc1ccc2c(Oc3cc(F)c(NS(N)(=O)=O)cc3F)ccnc2c1. The average molecular weight is 381 g/mol. The first-order chi connectivity index (χ1) is 12.3. The third-order valence-electron chi connectivity index (χ3n) is 3.40. The number of rotatable bonds is 5. The maximum Gasteiger partial charge on any atom is 0.296 e. The second kappa shape index (κ2) is 6.73. The summed E-state index contributed by atoms with van der Waals surface area (Å²) in [5, 5.41) is 5.31. The topological polar surface area (TPSA) is 104 Å². The van der Waals surface area contributed by atoms with E-state index in [-0.39, 0.29) is 5.75 Å². The van der Waals surface area contributed by atoms with Crippen LogP contribution in [-0.2, 0) is 10.2 Å². The minimum atomic E-state index is -4.24. The Morgan fingerprint density at radius 3 is 2.54 bits per heavy atom. The van der Waals surface area contributed by atoms with Crippen LogP contribution in [0.3, 0.4) is 0 Å². The van der Waals surface area contributed by atoms with E-state index >= 15 is 0 Å². The van der Waals surface area contributed by atoms with Gasteiger partial charge in [0.2, 0.25) is 0 Å². The highest BCUT2D eigenvalue weighted by Crippen LogP contribution is 2.33. The van der Waals surface area contributed by atoms with Crippen molar-refractivity contribution >= 4 is 26.8 Å². The molecular formula is C16H13F2N3O4S. The second-order valence-electron chi connectivity index (χ2n) is 5.20. The smallest absolute Gasteiger partial charge is 0.296 e. The maximum atomic E-state index is 14.2. The zero-order chi connectivity index (χ0) is 18.9.